The Hall–Kier alpha value is -2.48. The van der Waals surface area contributed by atoms with E-state index < -0.39 is 11.7 Å². The molecule has 0 saturated carbocycles. The van der Waals surface area contributed by atoms with Gasteiger partial charge in [-0.1, -0.05) is 0 Å². The van der Waals surface area contributed by atoms with Gasteiger partial charge in [0.25, 0.3) is 0 Å². The predicted octanol–water partition coefficient (Wildman–Crippen LogP) is 4.14. The number of methoxy groups -OCH3 is 1. The van der Waals surface area contributed by atoms with Crippen LogP contribution in [0.2, 0.25) is 0 Å². The molecule has 0 aromatic heterocycles. The summed E-state index contributed by atoms with van der Waals surface area (Å²) in [5.41, 5.74) is 0.844. The van der Waals surface area contributed by atoms with Gasteiger partial charge in [0, 0.05) is 31.5 Å². The third kappa shape index (κ3) is 5.80. The lowest BCUT2D eigenvalue weighted by Gasteiger charge is -2.20. The third-order valence-electron chi connectivity index (χ3n) is 3.72. The van der Waals surface area contributed by atoms with E-state index in [0.29, 0.717) is 23.9 Å². The number of nitrogens with one attached hydrogen (secondary N) is 2. The molecule has 0 aliphatic heterocycles. The van der Waals surface area contributed by atoms with Crippen LogP contribution in [-0.4, -0.2) is 32.4 Å². The standard InChI is InChI=1S/C18H20F3N3OS/c1-24(15-7-9-16(25-2)10-8-15)12-11-22-17(26)23-14-5-3-13(4-6-14)18(19,20)21/h3-10H,11-12H2,1-2H3,(H2,22,23,26). The van der Waals surface area contributed by atoms with E-state index in [1.807, 2.05) is 36.2 Å². The van der Waals surface area contributed by atoms with E-state index in [4.69, 9.17) is 17.0 Å². The summed E-state index contributed by atoms with van der Waals surface area (Å²) in [5.74, 6) is 0.794. The molecule has 0 fully saturated rings. The summed E-state index contributed by atoms with van der Waals surface area (Å²) in [5, 5.41) is 6.25. The Morgan fingerprint density at radius 2 is 1.69 bits per heavy atom. The molecule has 0 atom stereocenters. The van der Waals surface area contributed by atoms with Crippen LogP contribution in [0.5, 0.6) is 5.75 Å². The normalized spacial score (nSPS) is 11.0. The minimum Gasteiger partial charge on any atom is -0.497 e. The Labute approximate surface area is 156 Å². The zero-order valence-corrected chi connectivity index (χ0v) is 15.2. The summed E-state index contributed by atoms with van der Waals surface area (Å²) in [4.78, 5) is 2.05. The van der Waals surface area contributed by atoms with Crippen LogP contribution in [0.1, 0.15) is 5.56 Å². The fourth-order valence-corrected chi connectivity index (χ4v) is 2.44. The van der Waals surface area contributed by atoms with Crippen molar-refractivity contribution in [3.63, 3.8) is 0 Å². The smallest absolute Gasteiger partial charge is 0.416 e. The maximum absolute atomic E-state index is 12.5. The Balaban J connectivity index is 1.77. The number of nitrogens with zero attached hydrogens (tertiary/aromatic N) is 1. The highest BCUT2D eigenvalue weighted by Gasteiger charge is 2.29. The van der Waals surface area contributed by atoms with Gasteiger partial charge in [-0.15, -0.1) is 0 Å². The van der Waals surface area contributed by atoms with Gasteiger partial charge in [-0.05, 0) is 60.7 Å². The lowest BCUT2D eigenvalue weighted by atomic mass is 10.2. The van der Waals surface area contributed by atoms with Crippen LogP contribution in [0.15, 0.2) is 48.5 Å². The van der Waals surface area contributed by atoms with Crippen molar-refractivity contribution >= 4 is 28.7 Å². The van der Waals surface area contributed by atoms with Crippen LogP contribution in [0.3, 0.4) is 0 Å². The molecule has 2 aromatic carbocycles. The molecule has 0 bridgehead atoms. The summed E-state index contributed by atoms with van der Waals surface area (Å²) < 4.78 is 42.7. The first-order valence-electron chi connectivity index (χ1n) is 7.87. The SMILES string of the molecule is COc1ccc(N(C)CCNC(=S)Nc2ccc(C(F)(F)F)cc2)cc1. The fraction of sp³-hybridized carbons (Fsp3) is 0.278. The number of alkyl halides is 3. The van der Waals surface area contributed by atoms with Crippen molar-refractivity contribution in [3.05, 3.63) is 54.1 Å². The summed E-state index contributed by atoms with van der Waals surface area (Å²) in [6, 6.07) is 12.4. The largest absolute Gasteiger partial charge is 0.497 e. The molecular formula is C18H20F3N3OS. The average molecular weight is 383 g/mol. The average Bonchev–Trinajstić information content (AvgIpc) is 2.61. The molecule has 2 rings (SSSR count). The highest BCUT2D eigenvalue weighted by atomic mass is 32.1. The molecule has 26 heavy (non-hydrogen) atoms. The number of halogens is 3. The van der Waals surface area contributed by atoms with Gasteiger partial charge >= 0.3 is 6.18 Å². The van der Waals surface area contributed by atoms with Gasteiger partial charge in [0.15, 0.2) is 5.11 Å². The number of benzene rings is 2. The zero-order chi connectivity index (χ0) is 19.2. The van der Waals surface area contributed by atoms with Crippen molar-refractivity contribution in [2.45, 2.75) is 6.18 Å². The second kappa shape index (κ2) is 8.75. The minimum absolute atomic E-state index is 0.355. The molecule has 0 spiro atoms. The molecule has 2 aromatic rings. The number of ether oxygens (including phenoxy) is 1. The molecule has 2 N–H and O–H groups in total. The van der Waals surface area contributed by atoms with Crippen molar-refractivity contribution in [1.29, 1.82) is 0 Å². The van der Waals surface area contributed by atoms with Crippen molar-refractivity contribution in [1.82, 2.24) is 5.32 Å². The molecule has 0 heterocycles. The van der Waals surface area contributed by atoms with E-state index in [-0.39, 0.29) is 0 Å². The van der Waals surface area contributed by atoms with E-state index in [1.54, 1.807) is 7.11 Å². The zero-order valence-electron chi connectivity index (χ0n) is 14.4. The molecule has 0 unspecified atom stereocenters. The van der Waals surface area contributed by atoms with E-state index in [9.17, 15) is 13.2 Å². The van der Waals surface area contributed by atoms with Gasteiger partial charge in [0.2, 0.25) is 0 Å². The van der Waals surface area contributed by atoms with Gasteiger partial charge in [-0.2, -0.15) is 13.2 Å². The monoisotopic (exact) mass is 383 g/mol. The number of thiocarbonyl (C=S) groups is 1. The summed E-state index contributed by atoms with van der Waals surface area (Å²) in [6.45, 7) is 1.27. The fourth-order valence-electron chi connectivity index (χ4n) is 2.22. The number of likely N-dealkylation sites (N-methyl/N-ethyl adjacent to an activating group) is 1. The van der Waals surface area contributed by atoms with Crippen LogP contribution in [0, 0.1) is 0 Å². The van der Waals surface area contributed by atoms with E-state index in [2.05, 4.69) is 10.6 Å². The lowest BCUT2D eigenvalue weighted by molar-refractivity contribution is -0.137. The molecule has 0 saturated heterocycles. The van der Waals surface area contributed by atoms with E-state index >= 15 is 0 Å². The predicted molar refractivity (Wildman–Crippen MR) is 102 cm³/mol. The molecular weight excluding hydrogens is 363 g/mol. The Morgan fingerprint density at radius 3 is 2.23 bits per heavy atom. The Kier molecular flexibility index (Phi) is 6.68. The van der Waals surface area contributed by atoms with Crippen molar-refractivity contribution in [3.8, 4) is 5.75 Å². The van der Waals surface area contributed by atoms with Crippen molar-refractivity contribution < 1.29 is 17.9 Å². The van der Waals surface area contributed by atoms with Gasteiger partial charge < -0.3 is 20.3 Å². The molecule has 0 amide bonds. The van der Waals surface area contributed by atoms with Gasteiger partial charge in [0.05, 0.1) is 12.7 Å². The van der Waals surface area contributed by atoms with Gasteiger partial charge in [-0.25, -0.2) is 0 Å². The van der Waals surface area contributed by atoms with E-state index in [1.165, 1.54) is 12.1 Å². The Morgan fingerprint density at radius 1 is 1.08 bits per heavy atom. The lowest BCUT2D eigenvalue weighted by Crippen LogP contribution is -2.35. The first kappa shape index (κ1) is 19.8. The number of hydrogen-bond acceptors (Lipinski definition) is 3. The van der Waals surface area contributed by atoms with Crippen LogP contribution < -0.4 is 20.3 Å². The molecule has 0 aliphatic carbocycles. The van der Waals surface area contributed by atoms with Crippen LogP contribution in [-0.2, 0) is 6.18 Å². The molecule has 140 valence electrons. The van der Waals surface area contributed by atoms with Crippen molar-refractivity contribution in [2.24, 2.45) is 0 Å². The second-order valence-corrected chi connectivity index (χ2v) is 5.98. The Bertz CT molecular complexity index is 718. The molecule has 0 aliphatic rings. The van der Waals surface area contributed by atoms with Crippen molar-refractivity contribution in [2.75, 3.05) is 37.5 Å². The number of rotatable bonds is 6. The summed E-state index contributed by atoms with van der Waals surface area (Å²) >= 11 is 5.16. The maximum atomic E-state index is 12.5. The summed E-state index contributed by atoms with van der Waals surface area (Å²) in [7, 11) is 3.57. The number of anilines is 2. The molecule has 8 heteroatoms. The second-order valence-electron chi connectivity index (χ2n) is 5.58. The van der Waals surface area contributed by atoms with Crippen LogP contribution in [0.4, 0.5) is 24.5 Å². The minimum atomic E-state index is -4.34. The van der Waals surface area contributed by atoms with E-state index in [0.717, 1.165) is 23.6 Å². The highest BCUT2D eigenvalue weighted by Crippen LogP contribution is 2.29. The topological polar surface area (TPSA) is 36.5 Å². The van der Waals surface area contributed by atoms with Crippen LogP contribution in [0.25, 0.3) is 0 Å². The maximum Gasteiger partial charge on any atom is 0.416 e. The first-order valence-corrected chi connectivity index (χ1v) is 8.28. The number of hydrogen-bond donors (Lipinski definition) is 2. The van der Waals surface area contributed by atoms with Crippen LogP contribution >= 0.6 is 12.2 Å². The third-order valence-corrected chi connectivity index (χ3v) is 3.96. The quantitative estimate of drug-likeness (QED) is 0.734. The highest BCUT2D eigenvalue weighted by molar-refractivity contribution is 7.80. The van der Waals surface area contributed by atoms with Gasteiger partial charge in [-0.3, -0.25) is 0 Å². The van der Waals surface area contributed by atoms with Gasteiger partial charge in [0.1, 0.15) is 5.75 Å². The molecule has 0 radical (unpaired) electrons. The summed E-state index contributed by atoms with van der Waals surface area (Å²) in [6.07, 6.45) is -4.34. The molecule has 4 nitrogen and oxygen atoms in total. The first-order chi connectivity index (χ1) is 12.3.